The second-order valence-electron chi connectivity index (χ2n) is 5.55. The molecule has 2 aromatic carbocycles. The summed E-state index contributed by atoms with van der Waals surface area (Å²) in [6.07, 6.45) is 0. The number of nitrogens with zero attached hydrogens (tertiary/aromatic N) is 1. The Bertz CT molecular complexity index is 1080. The maximum Gasteiger partial charge on any atom is 0.326 e. The lowest BCUT2D eigenvalue weighted by molar-refractivity contribution is 0.0984. The van der Waals surface area contributed by atoms with Crippen LogP contribution in [-0.4, -0.2) is 21.8 Å². The second kappa shape index (κ2) is 7.50. The van der Waals surface area contributed by atoms with E-state index in [1.807, 2.05) is 4.98 Å². The lowest BCUT2D eigenvalue weighted by atomic mass is 10.1. The lowest BCUT2D eigenvalue weighted by Crippen LogP contribution is -2.37. The van der Waals surface area contributed by atoms with E-state index >= 15 is 0 Å². The maximum atomic E-state index is 12.5. The van der Waals surface area contributed by atoms with E-state index in [4.69, 9.17) is 5.84 Å². The fourth-order valence-electron chi connectivity index (χ4n) is 2.36. The van der Waals surface area contributed by atoms with Gasteiger partial charge in [-0.3, -0.25) is 19.4 Å². The molecule has 3 aromatic rings. The number of nitrogens with two attached hydrogens (primary N) is 1. The van der Waals surface area contributed by atoms with Crippen molar-refractivity contribution in [3.63, 3.8) is 0 Å². The summed E-state index contributed by atoms with van der Waals surface area (Å²) >= 11 is 0. The van der Waals surface area contributed by atoms with E-state index in [-0.39, 0.29) is 11.3 Å². The normalized spacial score (nSPS) is 10.3. The first-order valence-electron chi connectivity index (χ1n) is 7.83. The van der Waals surface area contributed by atoms with Gasteiger partial charge < -0.3 is 10.3 Å². The van der Waals surface area contributed by atoms with Crippen molar-refractivity contribution in [2.75, 3.05) is 10.3 Å². The summed E-state index contributed by atoms with van der Waals surface area (Å²) in [7, 11) is 0. The van der Waals surface area contributed by atoms with Crippen molar-refractivity contribution in [1.82, 2.24) is 9.97 Å². The third-order valence-corrected chi connectivity index (χ3v) is 3.63. The number of amides is 2. The van der Waals surface area contributed by atoms with Crippen molar-refractivity contribution in [3.05, 3.63) is 92.8 Å². The van der Waals surface area contributed by atoms with Gasteiger partial charge in [-0.05, 0) is 30.3 Å². The Hall–Kier alpha value is -3.98. The number of H-pyrrole nitrogens is 2. The van der Waals surface area contributed by atoms with Crippen LogP contribution < -0.4 is 27.4 Å². The first-order valence-corrected chi connectivity index (χ1v) is 7.83. The number of anilines is 2. The van der Waals surface area contributed by atoms with Crippen molar-refractivity contribution in [3.8, 4) is 0 Å². The quantitative estimate of drug-likeness (QED) is 0.308. The van der Waals surface area contributed by atoms with Gasteiger partial charge in [0, 0.05) is 17.3 Å². The molecule has 1 heterocycles. The van der Waals surface area contributed by atoms with Crippen LogP contribution in [0.25, 0.3) is 0 Å². The standard InChI is InChI=1S/C18H15N5O4/c19-23(13-7-2-1-3-8-13)17(26)11-5-4-6-12(9-11)20-16(25)14-10-15(24)22-18(27)21-14/h1-10H,19H2,(H,20,25)(H2,21,22,24,27). The fraction of sp³-hybridized carbons (Fsp3) is 0. The molecule has 0 atom stereocenters. The first kappa shape index (κ1) is 17.8. The summed E-state index contributed by atoms with van der Waals surface area (Å²) in [6.45, 7) is 0. The third kappa shape index (κ3) is 4.17. The number of aromatic amines is 2. The highest BCUT2D eigenvalue weighted by atomic mass is 16.2. The lowest BCUT2D eigenvalue weighted by Gasteiger charge is -2.17. The number of carbonyl (C=O) groups excluding carboxylic acids is 2. The average Bonchev–Trinajstić information content (AvgIpc) is 2.67. The summed E-state index contributed by atoms with van der Waals surface area (Å²) in [5.74, 6) is 4.70. The zero-order valence-corrected chi connectivity index (χ0v) is 13.9. The van der Waals surface area contributed by atoms with Gasteiger partial charge in [0.2, 0.25) is 0 Å². The van der Waals surface area contributed by atoms with Crippen LogP contribution in [0.5, 0.6) is 0 Å². The van der Waals surface area contributed by atoms with Crippen molar-refractivity contribution in [1.29, 1.82) is 0 Å². The predicted molar refractivity (Wildman–Crippen MR) is 99.5 cm³/mol. The topological polar surface area (TPSA) is 141 Å². The predicted octanol–water partition coefficient (Wildman–Crippen LogP) is 0.836. The highest BCUT2D eigenvalue weighted by Crippen LogP contribution is 2.16. The molecule has 5 N–H and O–H groups in total. The van der Waals surface area contributed by atoms with Gasteiger partial charge in [-0.1, -0.05) is 24.3 Å². The zero-order valence-electron chi connectivity index (χ0n) is 13.9. The monoisotopic (exact) mass is 365 g/mol. The van der Waals surface area contributed by atoms with Crippen LogP contribution in [0, 0.1) is 0 Å². The maximum absolute atomic E-state index is 12.5. The van der Waals surface area contributed by atoms with E-state index < -0.39 is 23.1 Å². The number of carbonyl (C=O) groups is 2. The van der Waals surface area contributed by atoms with Gasteiger partial charge >= 0.3 is 5.69 Å². The molecular weight excluding hydrogens is 350 g/mol. The van der Waals surface area contributed by atoms with Crippen LogP contribution in [0.15, 0.2) is 70.3 Å². The Morgan fingerprint density at radius 2 is 1.67 bits per heavy atom. The number of rotatable bonds is 4. The van der Waals surface area contributed by atoms with Crippen LogP contribution in [-0.2, 0) is 0 Å². The van der Waals surface area contributed by atoms with Gasteiger partial charge in [-0.2, -0.15) is 0 Å². The Labute approximate surface area is 152 Å². The van der Waals surface area contributed by atoms with E-state index in [1.165, 1.54) is 6.07 Å². The zero-order chi connectivity index (χ0) is 19.4. The van der Waals surface area contributed by atoms with E-state index in [0.29, 0.717) is 11.4 Å². The smallest absolute Gasteiger partial charge is 0.321 e. The number of hydrogen-bond donors (Lipinski definition) is 4. The molecule has 0 aliphatic rings. The Balaban J connectivity index is 1.81. The Kier molecular flexibility index (Phi) is 4.95. The van der Waals surface area contributed by atoms with Crippen LogP contribution in [0.2, 0.25) is 0 Å². The molecule has 0 saturated carbocycles. The highest BCUT2D eigenvalue weighted by Gasteiger charge is 2.15. The highest BCUT2D eigenvalue weighted by molar-refractivity contribution is 6.07. The number of para-hydroxylation sites is 1. The number of benzene rings is 2. The molecular formula is C18H15N5O4. The minimum Gasteiger partial charge on any atom is -0.321 e. The van der Waals surface area contributed by atoms with Gasteiger partial charge in [-0.15, -0.1) is 0 Å². The third-order valence-electron chi connectivity index (χ3n) is 3.63. The van der Waals surface area contributed by atoms with Crippen molar-refractivity contribution < 1.29 is 9.59 Å². The molecule has 136 valence electrons. The molecule has 0 unspecified atom stereocenters. The van der Waals surface area contributed by atoms with Gasteiger partial charge in [0.25, 0.3) is 17.4 Å². The van der Waals surface area contributed by atoms with Crippen molar-refractivity contribution >= 4 is 23.2 Å². The summed E-state index contributed by atoms with van der Waals surface area (Å²) in [5, 5.41) is 3.51. The van der Waals surface area contributed by atoms with Gasteiger partial charge in [0.15, 0.2) is 0 Å². The van der Waals surface area contributed by atoms with E-state index in [1.54, 1.807) is 48.5 Å². The molecule has 9 heteroatoms. The molecule has 0 bridgehead atoms. The molecule has 0 fully saturated rings. The van der Waals surface area contributed by atoms with E-state index in [2.05, 4.69) is 10.3 Å². The largest absolute Gasteiger partial charge is 0.326 e. The first-order chi connectivity index (χ1) is 12.9. The van der Waals surface area contributed by atoms with Crippen molar-refractivity contribution in [2.24, 2.45) is 5.84 Å². The number of aromatic nitrogens is 2. The van der Waals surface area contributed by atoms with Gasteiger partial charge in [-0.25, -0.2) is 15.6 Å². The van der Waals surface area contributed by atoms with Gasteiger partial charge in [0.1, 0.15) is 5.69 Å². The minimum absolute atomic E-state index is 0.204. The summed E-state index contributed by atoms with van der Waals surface area (Å²) in [4.78, 5) is 51.5. The van der Waals surface area contributed by atoms with Crippen LogP contribution >= 0.6 is 0 Å². The summed E-state index contributed by atoms with van der Waals surface area (Å²) < 4.78 is 0. The van der Waals surface area contributed by atoms with E-state index in [9.17, 15) is 19.2 Å². The second-order valence-corrected chi connectivity index (χ2v) is 5.55. The molecule has 0 spiro atoms. The van der Waals surface area contributed by atoms with Crippen LogP contribution in [0.4, 0.5) is 11.4 Å². The van der Waals surface area contributed by atoms with Crippen molar-refractivity contribution in [2.45, 2.75) is 0 Å². The molecule has 3 rings (SSSR count). The minimum atomic E-state index is -0.793. The van der Waals surface area contributed by atoms with Crippen LogP contribution in [0.1, 0.15) is 20.8 Å². The molecule has 0 aliphatic carbocycles. The summed E-state index contributed by atoms with van der Waals surface area (Å²) in [5.41, 5.74) is -0.636. The molecule has 0 saturated heterocycles. The van der Waals surface area contributed by atoms with Crippen LogP contribution in [0.3, 0.4) is 0 Å². The van der Waals surface area contributed by atoms with E-state index in [0.717, 1.165) is 11.1 Å². The number of nitrogens with one attached hydrogen (secondary N) is 3. The molecule has 27 heavy (non-hydrogen) atoms. The number of hydrogen-bond acceptors (Lipinski definition) is 5. The molecule has 2 amide bonds. The molecule has 9 nitrogen and oxygen atoms in total. The average molecular weight is 365 g/mol. The Morgan fingerprint density at radius 1 is 0.926 bits per heavy atom. The Morgan fingerprint density at radius 3 is 2.37 bits per heavy atom. The molecule has 1 aromatic heterocycles. The summed E-state index contributed by atoms with van der Waals surface area (Å²) in [6, 6.07) is 15.8. The van der Waals surface area contributed by atoms with Gasteiger partial charge in [0.05, 0.1) is 5.69 Å². The molecule has 0 aliphatic heterocycles. The number of hydrazine groups is 1. The fourth-order valence-corrected chi connectivity index (χ4v) is 2.36. The molecule has 0 radical (unpaired) electrons. The SMILES string of the molecule is NN(C(=O)c1cccc(NC(=O)c2cc(=O)[nH]c(=O)[nH]2)c1)c1ccccc1.